The van der Waals surface area contributed by atoms with Gasteiger partial charge in [-0.1, -0.05) is 66.7 Å². The van der Waals surface area contributed by atoms with Gasteiger partial charge >= 0.3 is 17.9 Å². The van der Waals surface area contributed by atoms with Crippen LogP contribution in [0.3, 0.4) is 0 Å². The summed E-state index contributed by atoms with van der Waals surface area (Å²) in [7, 11) is 0. The Balaban J connectivity index is 2.68. The summed E-state index contributed by atoms with van der Waals surface area (Å²) >= 11 is 0. The van der Waals surface area contributed by atoms with E-state index in [1.807, 2.05) is 34.6 Å². The normalized spacial score (nSPS) is 11.0. The first-order chi connectivity index (χ1) is 24.9. The van der Waals surface area contributed by atoms with Gasteiger partial charge in [0, 0.05) is 37.7 Å². The standard InChI is InChI=1S/C40H50O12/c1-6-11-16-26(42)32-37(49-29(45)18-13-8-3)33(27(43)17-12-7-2)39-34(38(32)50-30(46)19-14-9-4)35(48)40(51-31(47)20-15-10-5)36(52-39)24-21-22-25(41)28(44)23-24/h21-23,41,44H,6-20H2,1-5H3. The SMILES string of the molecule is CCCCC(=O)Oc1c(C(=O)CCCC)c(OC(=O)CCCC)c2c(=O)c(OC(=O)CCCC)c(-c3ccc(O)c(O)c3)oc2c1C(=O)CCCC. The van der Waals surface area contributed by atoms with E-state index < -0.39 is 85.9 Å². The molecule has 0 saturated carbocycles. The van der Waals surface area contributed by atoms with E-state index in [1.54, 1.807) is 0 Å². The molecule has 1 aromatic heterocycles. The van der Waals surface area contributed by atoms with E-state index in [2.05, 4.69) is 0 Å². The number of esters is 3. The lowest BCUT2D eigenvalue weighted by Crippen LogP contribution is -2.22. The molecule has 3 aromatic rings. The Labute approximate surface area is 303 Å². The van der Waals surface area contributed by atoms with Crippen molar-refractivity contribution in [2.24, 2.45) is 0 Å². The Bertz CT molecular complexity index is 1830. The van der Waals surface area contributed by atoms with E-state index in [-0.39, 0.29) is 43.2 Å². The molecule has 0 fully saturated rings. The lowest BCUT2D eigenvalue weighted by atomic mass is 9.93. The molecule has 0 radical (unpaired) electrons. The monoisotopic (exact) mass is 722 g/mol. The average Bonchev–Trinajstić information content (AvgIpc) is 3.12. The molecule has 3 rings (SSSR count). The Morgan fingerprint density at radius 1 is 0.577 bits per heavy atom. The number of aromatic hydroxyl groups is 2. The van der Waals surface area contributed by atoms with Crippen LogP contribution in [0.5, 0.6) is 28.7 Å². The maximum absolute atomic E-state index is 14.8. The minimum absolute atomic E-state index is 0.0226. The van der Waals surface area contributed by atoms with Crippen LogP contribution in [-0.2, 0) is 14.4 Å². The number of Topliss-reactive ketones (excluding diaryl/α,β-unsaturated/α-hetero) is 2. The van der Waals surface area contributed by atoms with Crippen LogP contribution < -0.4 is 19.6 Å². The first-order valence-corrected chi connectivity index (χ1v) is 18.3. The Morgan fingerprint density at radius 2 is 1.02 bits per heavy atom. The van der Waals surface area contributed by atoms with Gasteiger partial charge in [0.1, 0.15) is 16.5 Å². The molecule has 12 heteroatoms. The molecule has 0 atom stereocenters. The average molecular weight is 723 g/mol. The van der Waals surface area contributed by atoms with Crippen molar-refractivity contribution in [1.82, 2.24) is 0 Å². The number of hydrogen-bond donors (Lipinski definition) is 2. The lowest BCUT2D eigenvalue weighted by molar-refractivity contribution is -0.135. The van der Waals surface area contributed by atoms with Crippen molar-refractivity contribution in [2.45, 2.75) is 131 Å². The fraction of sp³-hybridized carbons (Fsp3) is 0.500. The molecule has 0 unspecified atom stereocenters. The largest absolute Gasteiger partial charge is 0.504 e. The van der Waals surface area contributed by atoms with Crippen LogP contribution in [0, 0.1) is 0 Å². The zero-order chi connectivity index (χ0) is 38.4. The number of carbonyl (C=O) groups is 5. The highest BCUT2D eigenvalue weighted by Gasteiger charge is 2.36. The van der Waals surface area contributed by atoms with Crippen LogP contribution in [0.4, 0.5) is 0 Å². The topological polar surface area (TPSA) is 184 Å². The molecule has 0 saturated heterocycles. The van der Waals surface area contributed by atoms with Gasteiger partial charge in [-0.2, -0.15) is 0 Å². The summed E-state index contributed by atoms with van der Waals surface area (Å²) < 4.78 is 23.6. The van der Waals surface area contributed by atoms with Crippen molar-refractivity contribution in [1.29, 1.82) is 0 Å². The van der Waals surface area contributed by atoms with Gasteiger partial charge in [-0.15, -0.1) is 0 Å². The molecule has 2 N–H and O–H groups in total. The zero-order valence-electron chi connectivity index (χ0n) is 30.8. The molecule has 0 aliphatic carbocycles. The van der Waals surface area contributed by atoms with Crippen molar-refractivity contribution < 1.29 is 52.8 Å². The highest BCUT2D eigenvalue weighted by Crippen LogP contribution is 2.46. The van der Waals surface area contributed by atoms with Crippen LogP contribution >= 0.6 is 0 Å². The van der Waals surface area contributed by atoms with Crippen molar-refractivity contribution in [3.05, 3.63) is 39.5 Å². The van der Waals surface area contributed by atoms with Crippen LogP contribution in [0.25, 0.3) is 22.3 Å². The molecule has 52 heavy (non-hydrogen) atoms. The van der Waals surface area contributed by atoms with E-state index in [0.29, 0.717) is 64.2 Å². The summed E-state index contributed by atoms with van der Waals surface area (Å²) in [6, 6.07) is 3.49. The molecule has 12 nitrogen and oxygen atoms in total. The fourth-order valence-electron chi connectivity index (χ4n) is 5.40. The zero-order valence-corrected chi connectivity index (χ0v) is 30.8. The summed E-state index contributed by atoms with van der Waals surface area (Å²) in [4.78, 5) is 82.8. The Kier molecular flexibility index (Phi) is 16.0. The van der Waals surface area contributed by atoms with Gasteiger partial charge in [0.2, 0.25) is 11.2 Å². The van der Waals surface area contributed by atoms with Crippen LogP contribution in [0.2, 0.25) is 0 Å². The molecule has 282 valence electrons. The van der Waals surface area contributed by atoms with Gasteiger partial charge in [0.05, 0.1) is 0 Å². The van der Waals surface area contributed by atoms with Crippen LogP contribution in [0.15, 0.2) is 27.4 Å². The Hall–Kier alpha value is -5.00. The molecular weight excluding hydrogens is 672 g/mol. The Morgan fingerprint density at radius 3 is 1.50 bits per heavy atom. The third kappa shape index (κ3) is 10.3. The number of hydrogen-bond acceptors (Lipinski definition) is 12. The molecule has 2 aromatic carbocycles. The van der Waals surface area contributed by atoms with Gasteiger partial charge in [0.15, 0.2) is 45.9 Å². The molecule has 0 bridgehead atoms. The number of rotatable bonds is 21. The minimum Gasteiger partial charge on any atom is -0.504 e. The molecule has 1 heterocycles. The number of carbonyl (C=O) groups excluding carboxylic acids is 5. The summed E-state index contributed by atoms with van der Waals surface area (Å²) in [5, 5.41) is 19.9. The van der Waals surface area contributed by atoms with Crippen LogP contribution in [0.1, 0.15) is 152 Å². The number of ketones is 2. The third-order valence-electron chi connectivity index (χ3n) is 8.37. The third-order valence-corrected chi connectivity index (χ3v) is 8.37. The number of ether oxygens (including phenoxy) is 3. The molecule has 0 aliphatic rings. The van der Waals surface area contributed by atoms with E-state index >= 15 is 0 Å². The van der Waals surface area contributed by atoms with Crippen LogP contribution in [-0.4, -0.2) is 39.7 Å². The summed E-state index contributed by atoms with van der Waals surface area (Å²) in [5.41, 5.74) is -2.35. The minimum atomic E-state index is -1.05. The number of phenolic OH excluding ortho intramolecular Hbond substituents is 2. The predicted octanol–water partition coefficient (Wildman–Crippen LogP) is 8.90. The smallest absolute Gasteiger partial charge is 0.311 e. The number of fused-ring (bicyclic) bond motifs is 1. The van der Waals surface area contributed by atoms with Gasteiger partial charge in [-0.05, 0) is 50.3 Å². The van der Waals surface area contributed by atoms with E-state index in [4.69, 9.17) is 18.6 Å². The molecule has 0 amide bonds. The lowest BCUT2D eigenvalue weighted by Gasteiger charge is -2.21. The molecular formula is C40H50O12. The number of unbranched alkanes of at least 4 members (excludes halogenated alkanes) is 5. The van der Waals surface area contributed by atoms with Crippen molar-refractivity contribution in [2.75, 3.05) is 0 Å². The van der Waals surface area contributed by atoms with Crippen molar-refractivity contribution in [3.63, 3.8) is 0 Å². The summed E-state index contributed by atoms with van der Waals surface area (Å²) in [5.74, 6) is -6.79. The highest BCUT2D eigenvalue weighted by atomic mass is 16.6. The second-order valence-corrected chi connectivity index (χ2v) is 12.7. The summed E-state index contributed by atoms with van der Waals surface area (Å²) in [6.45, 7) is 9.33. The fourth-order valence-corrected chi connectivity index (χ4v) is 5.40. The second kappa shape index (κ2) is 20.1. The molecule has 0 spiro atoms. The number of phenols is 2. The second-order valence-electron chi connectivity index (χ2n) is 12.7. The quantitative estimate of drug-likeness (QED) is 0.0461. The van der Waals surface area contributed by atoms with E-state index in [1.165, 1.54) is 6.07 Å². The van der Waals surface area contributed by atoms with E-state index in [0.717, 1.165) is 12.1 Å². The van der Waals surface area contributed by atoms with Gasteiger partial charge in [-0.25, -0.2) is 0 Å². The van der Waals surface area contributed by atoms with Crippen molar-refractivity contribution >= 4 is 40.4 Å². The maximum Gasteiger partial charge on any atom is 0.311 e. The van der Waals surface area contributed by atoms with Gasteiger partial charge < -0.3 is 28.8 Å². The first-order valence-electron chi connectivity index (χ1n) is 18.3. The number of benzene rings is 2. The van der Waals surface area contributed by atoms with Gasteiger partial charge in [-0.3, -0.25) is 28.8 Å². The first kappa shape index (κ1) is 41.4. The molecule has 0 aliphatic heterocycles. The maximum atomic E-state index is 14.8. The van der Waals surface area contributed by atoms with Gasteiger partial charge in [0.25, 0.3) is 0 Å². The van der Waals surface area contributed by atoms with Crippen molar-refractivity contribution in [3.8, 4) is 40.1 Å². The highest BCUT2D eigenvalue weighted by molar-refractivity contribution is 6.17. The predicted molar refractivity (Wildman–Crippen MR) is 194 cm³/mol. The summed E-state index contributed by atoms with van der Waals surface area (Å²) in [6.07, 6.45) is 4.82. The van der Waals surface area contributed by atoms with E-state index in [9.17, 15) is 39.0 Å².